The number of para-hydroxylation sites is 2. The van der Waals surface area contributed by atoms with Crippen LogP contribution in [-0.2, 0) is 7.05 Å². The van der Waals surface area contributed by atoms with Gasteiger partial charge in [0.05, 0.1) is 23.3 Å². The number of aryl methyl sites for hydroxylation is 2. The summed E-state index contributed by atoms with van der Waals surface area (Å²) >= 11 is 0. The maximum Gasteiger partial charge on any atom is 0.297 e. The minimum Gasteiger partial charge on any atom is -0.255 e. The van der Waals surface area contributed by atoms with Crippen LogP contribution in [0.15, 0.2) is 54.7 Å². The molecule has 1 fully saturated rings. The lowest BCUT2D eigenvalue weighted by atomic mass is 9.82. The van der Waals surface area contributed by atoms with E-state index in [0.29, 0.717) is 5.92 Å². The second-order valence-electron chi connectivity index (χ2n) is 8.63. The van der Waals surface area contributed by atoms with Crippen LogP contribution in [0, 0.1) is 6.92 Å². The van der Waals surface area contributed by atoms with Crippen molar-refractivity contribution >= 4 is 38.5 Å². The standard InChI is InChI=1S/C26H26N3/c1-17-15-16-27-25-23(17)26-28(2)20-12-6-7-13-21(20)29(26)22-14-8-11-19(24(22)25)18-9-4-3-5-10-18/h6-8,11-16,18H,3-5,9-10H2,1-2H3/q+1. The zero-order chi connectivity index (χ0) is 19.5. The van der Waals surface area contributed by atoms with E-state index in [1.54, 1.807) is 0 Å². The highest BCUT2D eigenvalue weighted by molar-refractivity contribution is 6.13. The van der Waals surface area contributed by atoms with Crippen LogP contribution in [0.25, 0.3) is 38.5 Å². The Morgan fingerprint density at radius 3 is 2.55 bits per heavy atom. The molecule has 0 spiro atoms. The highest BCUT2D eigenvalue weighted by Crippen LogP contribution is 2.40. The van der Waals surface area contributed by atoms with Crippen molar-refractivity contribution in [3.8, 4) is 0 Å². The van der Waals surface area contributed by atoms with E-state index >= 15 is 0 Å². The van der Waals surface area contributed by atoms with E-state index < -0.39 is 0 Å². The van der Waals surface area contributed by atoms with Gasteiger partial charge in [0.25, 0.3) is 5.65 Å². The molecular weight excluding hydrogens is 354 g/mol. The van der Waals surface area contributed by atoms with Crippen molar-refractivity contribution in [3.05, 3.63) is 65.9 Å². The maximum absolute atomic E-state index is 4.96. The molecule has 0 unspecified atom stereocenters. The van der Waals surface area contributed by atoms with Crippen LogP contribution in [0.3, 0.4) is 0 Å². The van der Waals surface area contributed by atoms with Crippen molar-refractivity contribution in [2.24, 2.45) is 7.05 Å². The Labute approximate surface area is 170 Å². The molecule has 0 N–H and O–H groups in total. The molecule has 0 bridgehead atoms. The molecule has 144 valence electrons. The van der Waals surface area contributed by atoms with Crippen LogP contribution in [-0.4, -0.2) is 9.38 Å². The molecule has 0 saturated heterocycles. The van der Waals surface area contributed by atoms with Gasteiger partial charge >= 0.3 is 0 Å². The molecular formula is C26H26N3+. The highest BCUT2D eigenvalue weighted by Gasteiger charge is 2.27. The largest absolute Gasteiger partial charge is 0.297 e. The summed E-state index contributed by atoms with van der Waals surface area (Å²) < 4.78 is 4.80. The fourth-order valence-corrected chi connectivity index (χ4v) is 5.62. The van der Waals surface area contributed by atoms with Gasteiger partial charge in [0, 0.05) is 6.20 Å². The summed E-state index contributed by atoms with van der Waals surface area (Å²) in [4.78, 5) is 4.96. The molecule has 1 aliphatic rings. The predicted molar refractivity (Wildman–Crippen MR) is 119 cm³/mol. The van der Waals surface area contributed by atoms with Crippen LogP contribution in [0.5, 0.6) is 0 Å². The van der Waals surface area contributed by atoms with Crippen molar-refractivity contribution in [1.29, 1.82) is 0 Å². The zero-order valence-electron chi connectivity index (χ0n) is 17.2. The Morgan fingerprint density at radius 2 is 1.69 bits per heavy atom. The minimum absolute atomic E-state index is 0.644. The number of hydrogen-bond acceptors (Lipinski definition) is 1. The normalized spacial score (nSPS) is 15.8. The molecule has 1 saturated carbocycles. The number of benzene rings is 2. The molecule has 3 heterocycles. The molecule has 3 aromatic heterocycles. The van der Waals surface area contributed by atoms with Gasteiger partial charge in [-0.1, -0.05) is 43.5 Å². The van der Waals surface area contributed by atoms with Gasteiger partial charge in [0.15, 0.2) is 11.0 Å². The van der Waals surface area contributed by atoms with Crippen molar-refractivity contribution in [3.63, 3.8) is 0 Å². The van der Waals surface area contributed by atoms with Crippen LogP contribution in [0.2, 0.25) is 0 Å². The van der Waals surface area contributed by atoms with Gasteiger partial charge in [-0.25, -0.2) is 4.57 Å². The zero-order valence-corrected chi connectivity index (χ0v) is 17.2. The lowest BCUT2D eigenvalue weighted by molar-refractivity contribution is -0.617. The maximum atomic E-state index is 4.96. The molecule has 0 radical (unpaired) electrons. The number of nitrogens with zero attached hydrogens (tertiary/aromatic N) is 3. The Morgan fingerprint density at radius 1 is 0.897 bits per heavy atom. The van der Waals surface area contributed by atoms with Gasteiger partial charge in [-0.05, 0) is 61.1 Å². The highest BCUT2D eigenvalue weighted by atomic mass is 15.1. The number of fused-ring (bicyclic) bond motifs is 8. The third-order valence-electron chi connectivity index (χ3n) is 6.99. The molecule has 2 aromatic carbocycles. The predicted octanol–water partition coefficient (Wildman–Crippen LogP) is 5.97. The number of hydrogen-bond donors (Lipinski definition) is 0. The Bertz CT molecular complexity index is 1400. The number of imidazole rings is 1. The van der Waals surface area contributed by atoms with Crippen molar-refractivity contribution in [2.75, 3.05) is 0 Å². The number of rotatable bonds is 1. The van der Waals surface area contributed by atoms with Gasteiger partial charge in [0.1, 0.15) is 5.52 Å². The lowest BCUT2D eigenvalue weighted by Gasteiger charge is -2.23. The molecule has 1 aliphatic carbocycles. The van der Waals surface area contributed by atoms with Crippen molar-refractivity contribution in [1.82, 2.24) is 9.38 Å². The van der Waals surface area contributed by atoms with Gasteiger partial charge in [-0.2, -0.15) is 4.40 Å². The second kappa shape index (κ2) is 6.28. The van der Waals surface area contributed by atoms with Gasteiger partial charge in [-0.15, -0.1) is 0 Å². The second-order valence-corrected chi connectivity index (χ2v) is 8.63. The van der Waals surface area contributed by atoms with E-state index in [1.807, 2.05) is 6.20 Å². The van der Waals surface area contributed by atoms with Crippen molar-refractivity contribution in [2.45, 2.75) is 44.9 Å². The van der Waals surface area contributed by atoms with Gasteiger partial charge < -0.3 is 0 Å². The van der Waals surface area contributed by atoms with E-state index in [9.17, 15) is 0 Å². The first kappa shape index (κ1) is 17.0. The van der Waals surface area contributed by atoms with E-state index in [4.69, 9.17) is 4.98 Å². The Hall–Kier alpha value is -2.94. The average molecular weight is 381 g/mol. The van der Waals surface area contributed by atoms with Crippen molar-refractivity contribution < 1.29 is 4.57 Å². The average Bonchev–Trinajstić information content (AvgIpc) is 3.07. The molecule has 6 rings (SSSR count). The van der Waals surface area contributed by atoms with E-state index in [1.165, 1.54) is 76.2 Å². The first-order valence-corrected chi connectivity index (χ1v) is 10.8. The van der Waals surface area contributed by atoms with Crippen LogP contribution in [0.4, 0.5) is 0 Å². The van der Waals surface area contributed by atoms with Gasteiger partial charge in [-0.3, -0.25) is 4.98 Å². The minimum atomic E-state index is 0.644. The summed E-state index contributed by atoms with van der Waals surface area (Å²) in [5.74, 6) is 0.644. The number of pyridine rings is 2. The van der Waals surface area contributed by atoms with Crippen LogP contribution in [0.1, 0.15) is 49.1 Å². The SMILES string of the molecule is Cc1ccnc2c3c(C4CCCCC4)cccc3n3c4ccccc4[n+](C)c3c12. The van der Waals surface area contributed by atoms with E-state index in [-0.39, 0.29) is 0 Å². The molecule has 3 heteroatoms. The third-order valence-corrected chi connectivity index (χ3v) is 6.99. The molecule has 3 nitrogen and oxygen atoms in total. The third kappa shape index (κ3) is 2.30. The summed E-state index contributed by atoms with van der Waals surface area (Å²) in [6.07, 6.45) is 8.63. The quantitative estimate of drug-likeness (QED) is 0.259. The Kier molecular flexibility index (Phi) is 3.67. The lowest BCUT2D eigenvalue weighted by Crippen LogP contribution is -2.27. The van der Waals surface area contributed by atoms with Crippen LogP contribution >= 0.6 is 0 Å². The van der Waals surface area contributed by atoms with Gasteiger partial charge in [0.2, 0.25) is 0 Å². The monoisotopic (exact) mass is 380 g/mol. The molecule has 5 aromatic rings. The summed E-state index contributed by atoms with van der Waals surface area (Å²) in [5.41, 5.74) is 8.98. The van der Waals surface area contributed by atoms with Crippen LogP contribution < -0.4 is 4.57 Å². The fraction of sp³-hybridized carbons (Fsp3) is 0.308. The molecule has 0 amide bonds. The topological polar surface area (TPSA) is 21.2 Å². The van der Waals surface area contributed by atoms with E-state index in [2.05, 4.69) is 71.5 Å². The molecule has 29 heavy (non-hydrogen) atoms. The fourth-order valence-electron chi connectivity index (χ4n) is 5.62. The summed E-state index contributed by atoms with van der Waals surface area (Å²) in [6.45, 7) is 2.22. The molecule has 0 atom stereocenters. The first-order chi connectivity index (χ1) is 14.3. The first-order valence-electron chi connectivity index (χ1n) is 10.8. The molecule has 0 aliphatic heterocycles. The number of aromatic nitrogens is 3. The summed E-state index contributed by atoms with van der Waals surface area (Å²) in [6, 6.07) is 17.8. The smallest absolute Gasteiger partial charge is 0.255 e. The summed E-state index contributed by atoms with van der Waals surface area (Å²) in [5, 5.41) is 2.63. The van der Waals surface area contributed by atoms with E-state index in [0.717, 1.165) is 5.52 Å². The Balaban J connectivity index is 1.90. The summed E-state index contributed by atoms with van der Waals surface area (Å²) in [7, 11) is 2.18.